The fourth-order valence-electron chi connectivity index (χ4n) is 2.76. The number of amides is 1. The first kappa shape index (κ1) is 18.5. The van der Waals surface area contributed by atoms with Gasteiger partial charge in [-0.25, -0.2) is 5.43 Å². The largest absolute Gasteiger partial charge is 0.459 e. The van der Waals surface area contributed by atoms with Crippen molar-refractivity contribution in [2.45, 2.75) is 20.0 Å². The van der Waals surface area contributed by atoms with Crippen LogP contribution < -0.4 is 5.43 Å². The van der Waals surface area contributed by atoms with E-state index < -0.39 is 17.6 Å². The van der Waals surface area contributed by atoms with E-state index >= 15 is 0 Å². The van der Waals surface area contributed by atoms with E-state index in [1.165, 1.54) is 24.6 Å². The summed E-state index contributed by atoms with van der Waals surface area (Å²) in [6.07, 6.45) is -1.60. The number of furan rings is 1. The van der Waals surface area contributed by atoms with Crippen LogP contribution in [-0.4, -0.2) is 16.7 Å². The van der Waals surface area contributed by atoms with Crippen molar-refractivity contribution >= 4 is 12.1 Å². The Labute approximate surface area is 153 Å². The molecule has 5 nitrogen and oxygen atoms in total. The summed E-state index contributed by atoms with van der Waals surface area (Å²) in [6, 6.07) is 9.97. The Bertz CT molecular complexity index is 986. The number of nitrogens with zero attached hydrogens (tertiary/aromatic N) is 2. The van der Waals surface area contributed by atoms with Gasteiger partial charge < -0.3 is 8.98 Å². The third kappa shape index (κ3) is 3.94. The van der Waals surface area contributed by atoms with Crippen molar-refractivity contribution in [1.29, 1.82) is 0 Å². The number of benzene rings is 1. The lowest BCUT2D eigenvalue weighted by molar-refractivity contribution is -0.137. The second kappa shape index (κ2) is 7.14. The molecule has 1 amide bonds. The molecular weight excluding hydrogens is 359 g/mol. The maximum absolute atomic E-state index is 13.0. The molecule has 0 aliphatic heterocycles. The van der Waals surface area contributed by atoms with Gasteiger partial charge >= 0.3 is 12.1 Å². The van der Waals surface area contributed by atoms with E-state index in [2.05, 4.69) is 10.5 Å². The summed E-state index contributed by atoms with van der Waals surface area (Å²) in [5, 5.41) is 3.89. The molecule has 0 bridgehead atoms. The molecule has 140 valence electrons. The summed E-state index contributed by atoms with van der Waals surface area (Å²) in [7, 11) is 0. The van der Waals surface area contributed by atoms with Gasteiger partial charge in [-0.3, -0.25) is 4.79 Å². The molecule has 1 N–H and O–H groups in total. The monoisotopic (exact) mass is 375 g/mol. The van der Waals surface area contributed by atoms with Gasteiger partial charge in [-0.2, -0.15) is 18.3 Å². The number of aryl methyl sites for hydroxylation is 1. The number of carbonyl (C=O) groups excluding carboxylic acids is 1. The van der Waals surface area contributed by atoms with E-state index in [1.54, 1.807) is 36.6 Å². The molecule has 3 aromatic rings. The quantitative estimate of drug-likeness (QED) is 0.540. The smallest absolute Gasteiger partial charge is 0.416 e. The number of hydrogen-bond donors (Lipinski definition) is 1. The molecule has 2 aromatic heterocycles. The SMILES string of the molecule is Cc1cc(/C=N\NC(=O)c2ccco2)c(C)n1-c1cccc(C(F)(F)F)c1. The molecule has 0 fully saturated rings. The summed E-state index contributed by atoms with van der Waals surface area (Å²) in [5.74, 6) is -0.371. The van der Waals surface area contributed by atoms with Crippen LogP contribution in [0.3, 0.4) is 0 Å². The van der Waals surface area contributed by atoms with Gasteiger partial charge in [0.1, 0.15) is 0 Å². The van der Waals surface area contributed by atoms with Crippen LogP contribution in [0.1, 0.15) is 33.1 Å². The summed E-state index contributed by atoms with van der Waals surface area (Å²) in [6.45, 7) is 3.55. The number of alkyl halides is 3. The van der Waals surface area contributed by atoms with Gasteiger partial charge in [0, 0.05) is 22.6 Å². The molecule has 0 spiro atoms. The molecule has 0 aliphatic carbocycles. The molecule has 2 heterocycles. The Hall–Kier alpha value is -3.29. The zero-order valence-corrected chi connectivity index (χ0v) is 14.5. The van der Waals surface area contributed by atoms with Crippen LogP contribution in [0.15, 0.2) is 58.2 Å². The maximum atomic E-state index is 13.0. The van der Waals surface area contributed by atoms with Crippen molar-refractivity contribution < 1.29 is 22.4 Å². The number of hydrogen-bond acceptors (Lipinski definition) is 3. The van der Waals surface area contributed by atoms with Crippen LogP contribution in [0.4, 0.5) is 13.2 Å². The number of carbonyl (C=O) groups is 1. The number of nitrogens with one attached hydrogen (secondary N) is 1. The van der Waals surface area contributed by atoms with Gasteiger partial charge in [0.05, 0.1) is 18.0 Å². The number of hydrazone groups is 1. The molecule has 0 unspecified atom stereocenters. The second-order valence-corrected chi connectivity index (χ2v) is 5.89. The molecule has 0 aliphatic rings. The third-order valence-corrected chi connectivity index (χ3v) is 4.02. The van der Waals surface area contributed by atoms with Crippen LogP contribution >= 0.6 is 0 Å². The Morgan fingerprint density at radius 1 is 1.19 bits per heavy atom. The van der Waals surface area contributed by atoms with Crippen molar-refractivity contribution in [1.82, 2.24) is 9.99 Å². The molecule has 0 radical (unpaired) electrons. The van der Waals surface area contributed by atoms with Gasteiger partial charge in [-0.15, -0.1) is 0 Å². The molecule has 0 saturated carbocycles. The van der Waals surface area contributed by atoms with Crippen LogP contribution in [0, 0.1) is 13.8 Å². The maximum Gasteiger partial charge on any atom is 0.416 e. The van der Waals surface area contributed by atoms with Crippen molar-refractivity contribution in [3.63, 3.8) is 0 Å². The first-order chi connectivity index (χ1) is 12.8. The summed E-state index contributed by atoms with van der Waals surface area (Å²) < 4.78 is 45.6. The van der Waals surface area contributed by atoms with E-state index in [9.17, 15) is 18.0 Å². The summed E-state index contributed by atoms with van der Waals surface area (Å²) in [4.78, 5) is 11.8. The highest BCUT2D eigenvalue weighted by atomic mass is 19.4. The lowest BCUT2D eigenvalue weighted by Gasteiger charge is -2.13. The van der Waals surface area contributed by atoms with Crippen LogP contribution in [0.5, 0.6) is 0 Å². The van der Waals surface area contributed by atoms with E-state index in [-0.39, 0.29) is 5.76 Å². The molecule has 0 atom stereocenters. The standard InChI is InChI=1S/C19H16F3N3O2/c1-12-9-14(11-23-24-18(26)17-7-4-8-27-17)13(2)25(12)16-6-3-5-15(10-16)19(20,21)22/h3-11H,1-2H3,(H,24,26)/b23-11-. The van der Waals surface area contributed by atoms with Crippen LogP contribution in [0.2, 0.25) is 0 Å². The van der Waals surface area contributed by atoms with E-state index in [0.717, 1.165) is 17.8 Å². The van der Waals surface area contributed by atoms with Gasteiger partial charge in [-0.1, -0.05) is 6.07 Å². The third-order valence-electron chi connectivity index (χ3n) is 4.02. The highest BCUT2D eigenvalue weighted by molar-refractivity contribution is 5.92. The van der Waals surface area contributed by atoms with Crippen molar-refractivity contribution in [3.8, 4) is 5.69 Å². The molecule has 27 heavy (non-hydrogen) atoms. The van der Waals surface area contributed by atoms with E-state index in [1.807, 2.05) is 0 Å². The minimum absolute atomic E-state index is 0.126. The highest BCUT2D eigenvalue weighted by Crippen LogP contribution is 2.31. The first-order valence-corrected chi connectivity index (χ1v) is 8.01. The zero-order valence-electron chi connectivity index (χ0n) is 14.5. The molecular formula is C19H16F3N3O2. The van der Waals surface area contributed by atoms with Gasteiger partial charge in [-0.05, 0) is 50.2 Å². The minimum atomic E-state index is -4.41. The highest BCUT2D eigenvalue weighted by Gasteiger charge is 2.30. The van der Waals surface area contributed by atoms with Crippen molar-refractivity contribution in [2.24, 2.45) is 5.10 Å². The van der Waals surface area contributed by atoms with Gasteiger partial charge in [0.2, 0.25) is 0 Å². The van der Waals surface area contributed by atoms with E-state index in [4.69, 9.17) is 4.42 Å². The fraction of sp³-hybridized carbons (Fsp3) is 0.158. The molecule has 0 saturated heterocycles. The summed E-state index contributed by atoms with van der Waals surface area (Å²) in [5.41, 5.74) is 4.13. The average molecular weight is 375 g/mol. The zero-order chi connectivity index (χ0) is 19.6. The van der Waals surface area contributed by atoms with Crippen LogP contribution in [0.25, 0.3) is 5.69 Å². The normalized spacial score (nSPS) is 11.9. The molecule has 8 heteroatoms. The lowest BCUT2D eigenvalue weighted by Crippen LogP contribution is -2.16. The predicted molar refractivity (Wildman–Crippen MR) is 94.0 cm³/mol. The number of rotatable bonds is 4. The average Bonchev–Trinajstić information content (AvgIpc) is 3.23. The lowest BCUT2D eigenvalue weighted by atomic mass is 10.2. The molecule has 1 aromatic carbocycles. The van der Waals surface area contributed by atoms with Gasteiger partial charge in [0.15, 0.2) is 5.76 Å². The number of halogens is 3. The Kier molecular flexibility index (Phi) is 4.89. The topological polar surface area (TPSA) is 59.5 Å². The van der Waals surface area contributed by atoms with E-state index in [0.29, 0.717) is 16.9 Å². The van der Waals surface area contributed by atoms with Gasteiger partial charge in [0.25, 0.3) is 0 Å². The second-order valence-electron chi connectivity index (χ2n) is 5.89. The Morgan fingerprint density at radius 2 is 1.96 bits per heavy atom. The predicted octanol–water partition coefficient (Wildman–Crippen LogP) is 4.47. The van der Waals surface area contributed by atoms with Crippen molar-refractivity contribution in [2.75, 3.05) is 0 Å². The number of aromatic nitrogens is 1. The Balaban J connectivity index is 1.85. The Morgan fingerprint density at radius 3 is 2.63 bits per heavy atom. The van der Waals surface area contributed by atoms with Crippen LogP contribution in [-0.2, 0) is 6.18 Å². The summed E-state index contributed by atoms with van der Waals surface area (Å²) >= 11 is 0. The first-order valence-electron chi connectivity index (χ1n) is 8.01. The fourth-order valence-corrected chi connectivity index (χ4v) is 2.76. The molecule has 3 rings (SSSR count). The minimum Gasteiger partial charge on any atom is -0.459 e. The van der Waals surface area contributed by atoms with Crippen molar-refractivity contribution in [3.05, 3.63) is 77.0 Å².